The van der Waals surface area contributed by atoms with E-state index in [0.29, 0.717) is 5.56 Å². The molecule has 9 nitrogen and oxygen atoms in total. The number of carbonyl (C=O) groups excluding carboxylic acids is 2. The predicted octanol–water partition coefficient (Wildman–Crippen LogP) is 0.307. The first kappa shape index (κ1) is 13.1. The molecule has 0 aliphatic heterocycles. The summed E-state index contributed by atoms with van der Waals surface area (Å²) in [5, 5.41) is 15.6. The number of hydrazone groups is 1. The van der Waals surface area contributed by atoms with E-state index in [1.807, 2.05) is 5.43 Å². The van der Waals surface area contributed by atoms with Crippen molar-refractivity contribution in [2.45, 2.75) is 0 Å². The molecule has 18 heavy (non-hydrogen) atoms. The molecule has 1 rings (SSSR count). The van der Waals surface area contributed by atoms with Crippen LogP contribution in [0.5, 0.6) is 0 Å². The first-order valence-corrected chi connectivity index (χ1v) is 4.63. The number of nitro groups is 1. The number of benzene rings is 1. The number of primary amides is 1. The summed E-state index contributed by atoms with van der Waals surface area (Å²) in [4.78, 5) is 31.0. The number of amides is 4. The predicted molar refractivity (Wildman–Crippen MR) is 61.9 cm³/mol. The van der Waals surface area contributed by atoms with Gasteiger partial charge in [0.1, 0.15) is 0 Å². The Balaban J connectivity index is 2.54. The highest BCUT2D eigenvalue weighted by molar-refractivity contribution is 5.93. The summed E-state index contributed by atoms with van der Waals surface area (Å²) in [5.41, 5.74) is 7.17. The SMILES string of the molecule is NC(=O)NC(=O)N/N=C/c1ccc([N+](=O)[O-])cc1. The molecule has 0 heterocycles. The lowest BCUT2D eigenvalue weighted by molar-refractivity contribution is -0.384. The molecular formula is C9H9N5O4. The molecule has 0 spiro atoms. The van der Waals surface area contributed by atoms with Crippen molar-refractivity contribution in [2.24, 2.45) is 10.8 Å². The molecule has 0 saturated heterocycles. The van der Waals surface area contributed by atoms with Gasteiger partial charge in [-0.2, -0.15) is 5.10 Å². The molecule has 4 amide bonds. The van der Waals surface area contributed by atoms with Crippen LogP contribution in [0.2, 0.25) is 0 Å². The Morgan fingerprint density at radius 2 is 1.94 bits per heavy atom. The molecule has 0 aliphatic rings. The molecule has 0 unspecified atom stereocenters. The van der Waals surface area contributed by atoms with Gasteiger partial charge < -0.3 is 5.73 Å². The van der Waals surface area contributed by atoms with Crippen LogP contribution in [0.1, 0.15) is 5.56 Å². The minimum Gasteiger partial charge on any atom is -0.351 e. The van der Waals surface area contributed by atoms with Gasteiger partial charge in [-0.1, -0.05) is 0 Å². The van der Waals surface area contributed by atoms with Crippen molar-refractivity contribution in [1.82, 2.24) is 10.7 Å². The fraction of sp³-hybridized carbons (Fsp3) is 0. The van der Waals surface area contributed by atoms with Crippen molar-refractivity contribution in [2.75, 3.05) is 0 Å². The van der Waals surface area contributed by atoms with E-state index in [9.17, 15) is 19.7 Å². The molecule has 1 aromatic rings. The number of hydrogen-bond acceptors (Lipinski definition) is 5. The largest absolute Gasteiger partial charge is 0.351 e. The number of nitrogens with one attached hydrogen (secondary N) is 2. The number of imide groups is 1. The van der Waals surface area contributed by atoms with Crippen LogP contribution in [0.25, 0.3) is 0 Å². The van der Waals surface area contributed by atoms with E-state index in [2.05, 4.69) is 5.10 Å². The van der Waals surface area contributed by atoms with Crippen molar-refractivity contribution in [3.8, 4) is 0 Å². The molecule has 0 saturated carbocycles. The van der Waals surface area contributed by atoms with E-state index in [4.69, 9.17) is 5.73 Å². The van der Waals surface area contributed by atoms with Gasteiger partial charge in [-0.3, -0.25) is 15.4 Å². The second-order valence-electron chi connectivity index (χ2n) is 3.04. The van der Waals surface area contributed by atoms with Crippen LogP contribution in [0.4, 0.5) is 15.3 Å². The zero-order valence-corrected chi connectivity index (χ0v) is 8.99. The van der Waals surface area contributed by atoms with Crippen LogP contribution in [0.15, 0.2) is 29.4 Å². The van der Waals surface area contributed by atoms with Crippen LogP contribution in [0.3, 0.4) is 0 Å². The van der Waals surface area contributed by atoms with Crippen molar-refractivity contribution in [3.05, 3.63) is 39.9 Å². The van der Waals surface area contributed by atoms with Gasteiger partial charge in [0.15, 0.2) is 0 Å². The standard InChI is InChI=1S/C9H9N5O4/c10-8(15)12-9(16)13-11-5-6-1-3-7(4-2-6)14(17)18/h1-5H,(H4,10,12,13,15,16)/b11-5+. The maximum Gasteiger partial charge on any atom is 0.343 e. The third-order valence-corrected chi connectivity index (χ3v) is 1.72. The van der Waals surface area contributed by atoms with Crippen molar-refractivity contribution in [3.63, 3.8) is 0 Å². The number of rotatable bonds is 3. The number of carbonyl (C=O) groups is 2. The molecule has 0 aromatic heterocycles. The van der Waals surface area contributed by atoms with Crippen molar-refractivity contribution in [1.29, 1.82) is 0 Å². The molecule has 1 aromatic carbocycles. The summed E-state index contributed by atoms with van der Waals surface area (Å²) in [6.45, 7) is 0. The molecule has 9 heteroatoms. The normalized spacial score (nSPS) is 10.0. The fourth-order valence-corrected chi connectivity index (χ4v) is 0.987. The number of non-ortho nitro benzene ring substituents is 1. The Morgan fingerprint density at radius 3 is 2.44 bits per heavy atom. The van der Waals surface area contributed by atoms with Gasteiger partial charge in [0.2, 0.25) is 0 Å². The first-order chi connectivity index (χ1) is 8.49. The third kappa shape index (κ3) is 4.26. The van der Waals surface area contributed by atoms with Gasteiger partial charge in [-0.05, 0) is 17.7 Å². The highest BCUT2D eigenvalue weighted by Gasteiger charge is 2.03. The number of hydrogen-bond donors (Lipinski definition) is 3. The smallest absolute Gasteiger partial charge is 0.343 e. The minimum absolute atomic E-state index is 0.0495. The molecule has 4 N–H and O–H groups in total. The average molecular weight is 251 g/mol. The second-order valence-corrected chi connectivity index (χ2v) is 3.04. The number of urea groups is 2. The zero-order chi connectivity index (χ0) is 13.5. The van der Waals surface area contributed by atoms with Gasteiger partial charge in [0, 0.05) is 12.1 Å². The number of nitro benzene ring substituents is 1. The summed E-state index contributed by atoms with van der Waals surface area (Å²) in [7, 11) is 0. The zero-order valence-electron chi connectivity index (χ0n) is 8.99. The molecule has 0 radical (unpaired) electrons. The lowest BCUT2D eigenvalue weighted by atomic mass is 10.2. The van der Waals surface area contributed by atoms with Crippen molar-refractivity contribution < 1.29 is 14.5 Å². The molecule has 94 valence electrons. The molecule has 0 bridgehead atoms. The maximum absolute atomic E-state index is 10.9. The quantitative estimate of drug-likeness (QED) is 0.403. The van der Waals surface area contributed by atoms with E-state index in [0.717, 1.165) is 0 Å². The van der Waals surface area contributed by atoms with Gasteiger partial charge in [-0.25, -0.2) is 15.0 Å². The molecule has 0 atom stereocenters. The average Bonchev–Trinajstić information content (AvgIpc) is 2.28. The Bertz CT molecular complexity index is 496. The summed E-state index contributed by atoms with van der Waals surface area (Å²) >= 11 is 0. The first-order valence-electron chi connectivity index (χ1n) is 4.63. The Hall–Kier alpha value is -2.97. The van der Waals surface area contributed by atoms with Crippen LogP contribution in [-0.2, 0) is 0 Å². The Labute approximate surface area is 101 Å². The molecule has 0 aliphatic carbocycles. The highest BCUT2D eigenvalue weighted by Crippen LogP contribution is 2.10. The Morgan fingerprint density at radius 1 is 1.33 bits per heavy atom. The van der Waals surface area contributed by atoms with E-state index in [1.165, 1.54) is 30.5 Å². The van der Waals surface area contributed by atoms with Crippen LogP contribution in [0, 0.1) is 10.1 Å². The van der Waals surface area contributed by atoms with Gasteiger partial charge in [0.05, 0.1) is 11.1 Å². The summed E-state index contributed by atoms with van der Waals surface area (Å²) < 4.78 is 0. The van der Waals surface area contributed by atoms with Gasteiger partial charge in [-0.15, -0.1) is 0 Å². The van der Waals surface area contributed by atoms with Crippen LogP contribution < -0.4 is 16.5 Å². The van der Waals surface area contributed by atoms with E-state index in [-0.39, 0.29) is 5.69 Å². The molecule has 0 fully saturated rings. The van der Waals surface area contributed by atoms with E-state index >= 15 is 0 Å². The second kappa shape index (κ2) is 5.94. The maximum atomic E-state index is 10.9. The lowest BCUT2D eigenvalue weighted by Gasteiger charge is -1.98. The third-order valence-electron chi connectivity index (χ3n) is 1.72. The Kier molecular flexibility index (Phi) is 4.32. The van der Waals surface area contributed by atoms with Crippen molar-refractivity contribution >= 4 is 24.0 Å². The summed E-state index contributed by atoms with van der Waals surface area (Å²) in [6.07, 6.45) is 1.25. The van der Waals surface area contributed by atoms with Crippen LogP contribution >= 0.6 is 0 Å². The van der Waals surface area contributed by atoms with E-state index in [1.54, 1.807) is 5.32 Å². The fourth-order valence-electron chi connectivity index (χ4n) is 0.987. The summed E-state index contributed by atoms with van der Waals surface area (Å²) in [6, 6.07) is 3.62. The number of nitrogens with zero attached hydrogens (tertiary/aromatic N) is 2. The van der Waals surface area contributed by atoms with Crippen LogP contribution in [-0.4, -0.2) is 23.2 Å². The topological polar surface area (TPSA) is 140 Å². The highest BCUT2D eigenvalue weighted by atomic mass is 16.6. The lowest BCUT2D eigenvalue weighted by Crippen LogP contribution is -2.40. The summed E-state index contributed by atoms with van der Waals surface area (Å²) in [5.74, 6) is 0. The van der Waals surface area contributed by atoms with Gasteiger partial charge >= 0.3 is 12.1 Å². The van der Waals surface area contributed by atoms with E-state index < -0.39 is 17.0 Å². The van der Waals surface area contributed by atoms with Gasteiger partial charge in [0.25, 0.3) is 5.69 Å². The molecular weight excluding hydrogens is 242 g/mol. The number of nitrogens with two attached hydrogens (primary N) is 1. The minimum atomic E-state index is -1.00. The monoisotopic (exact) mass is 251 g/mol.